The zero-order valence-electron chi connectivity index (χ0n) is 13.3. The molecule has 0 atom stereocenters. The highest BCUT2D eigenvalue weighted by molar-refractivity contribution is 7.85. The summed E-state index contributed by atoms with van der Waals surface area (Å²) >= 11 is 0. The maximum absolute atomic E-state index is 10.9. The summed E-state index contributed by atoms with van der Waals surface area (Å²) in [6.07, 6.45) is 0.343. The molecule has 0 fully saturated rings. The number of benzene rings is 1. The summed E-state index contributed by atoms with van der Waals surface area (Å²) in [6.45, 7) is 12.8. The van der Waals surface area contributed by atoms with Crippen LogP contribution >= 0.6 is 0 Å². The Morgan fingerprint density at radius 2 is 1.55 bits per heavy atom. The van der Waals surface area contributed by atoms with Gasteiger partial charge in [0.15, 0.2) is 0 Å². The lowest BCUT2D eigenvalue weighted by Crippen LogP contribution is -2.19. The summed E-state index contributed by atoms with van der Waals surface area (Å²) in [4.78, 5) is 0. The van der Waals surface area contributed by atoms with E-state index in [1.165, 1.54) is 5.56 Å². The fourth-order valence-electron chi connectivity index (χ4n) is 2.20. The number of rotatable bonds is 3. The minimum absolute atomic E-state index is 0.0571. The Morgan fingerprint density at radius 3 is 1.95 bits per heavy atom. The molecule has 0 aliphatic heterocycles. The second-order valence-corrected chi connectivity index (χ2v) is 8.98. The van der Waals surface area contributed by atoms with Gasteiger partial charge in [0.1, 0.15) is 0 Å². The first kappa shape index (κ1) is 17.2. The Bertz CT molecular complexity index is 573. The average Bonchev–Trinajstić information content (AvgIpc) is 2.22. The Hall–Kier alpha value is -0.870. The van der Waals surface area contributed by atoms with E-state index < -0.39 is 10.1 Å². The summed E-state index contributed by atoms with van der Waals surface area (Å²) in [5.74, 6) is -0.231. The molecule has 0 aliphatic rings. The fourth-order valence-corrected chi connectivity index (χ4v) is 2.68. The van der Waals surface area contributed by atoms with E-state index in [1.54, 1.807) is 0 Å². The van der Waals surface area contributed by atoms with Crippen molar-refractivity contribution >= 4 is 10.1 Å². The second-order valence-electron chi connectivity index (χ2n) is 7.41. The van der Waals surface area contributed by atoms with Crippen LogP contribution in [-0.2, 0) is 27.4 Å². The van der Waals surface area contributed by atoms with Crippen molar-refractivity contribution in [3.05, 3.63) is 34.9 Å². The van der Waals surface area contributed by atoms with Crippen molar-refractivity contribution in [2.45, 2.75) is 58.8 Å². The van der Waals surface area contributed by atoms with E-state index in [0.29, 0.717) is 6.42 Å². The predicted octanol–water partition coefficient (Wildman–Crippen LogP) is 3.71. The highest BCUT2D eigenvalue weighted by atomic mass is 32.2. The molecule has 114 valence electrons. The molecule has 1 N–H and O–H groups in total. The van der Waals surface area contributed by atoms with E-state index in [4.69, 9.17) is 4.55 Å². The molecule has 0 spiro atoms. The van der Waals surface area contributed by atoms with Crippen LogP contribution in [0.1, 0.15) is 58.2 Å². The van der Waals surface area contributed by atoms with Crippen molar-refractivity contribution in [3.63, 3.8) is 0 Å². The van der Waals surface area contributed by atoms with Crippen molar-refractivity contribution in [1.29, 1.82) is 0 Å². The zero-order valence-corrected chi connectivity index (χ0v) is 14.1. The van der Waals surface area contributed by atoms with E-state index in [9.17, 15) is 8.42 Å². The van der Waals surface area contributed by atoms with E-state index in [1.807, 2.05) is 6.07 Å². The SMILES string of the molecule is CC(C)(C)c1ccc(CCS(=O)(=O)O)c(C(C)(C)C)c1. The lowest BCUT2D eigenvalue weighted by atomic mass is 9.78. The summed E-state index contributed by atoms with van der Waals surface area (Å²) < 4.78 is 30.8. The van der Waals surface area contributed by atoms with E-state index in [0.717, 1.165) is 11.1 Å². The minimum Gasteiger partial charge on any atom is -0.286 e. The van der Waals surface area contributed by atoms with Gasteiger partial charge in [-0.2, -0.15) is 8.42 Å². The van der Waals surface area contributed by atoms with Crippen LogP contribution in [0.25, 0.3) is 0 Å². The third-order valence-corrected chi connectivity index (χ3v) is 4.13. The Balaban J connectivity index is 3.25. The van der Waals surface area contributed by atoms with Crippen LogP contribution in [0.15, 0.2) is 18.2 Å². The lowest BCUT2D eigenvalue weighted by Gasteiger charge is -2.27. The van der Waals surface area contributed by atoms with Crippen LogP contribution in [-0.4, -0.2) is 18.7 Å². The molecule has 1 rings (SSSR count). The van der Waals surface area contributed by atoms with Crippen LogP contribution in [0.5, 0.6) is 0 Å². The number of hydrogen-bond donors (Lipinski definition) is 1. The molecule has 0 radical (unpaired) electrons. The van der Waals surface area contributed by atoms with Crippen LogP contribution in [0, 0.1) is 0 Å². The quantitative estimate of drug-likeness (QED) is 0.865. The molecular formula is C16H26O3S. The topological polar surface area (TPSA) is 54.4 Å². The molecule has 0 unspecified atom stereocenters. The maximum Gasteiger partial charge on any atom is 0.265 e. The van der Waals surface area contributed by atoms with Gasteiger partial charge in [0.2, 0.25) is 0 Å². The van der Waals surface area contributed by atoms with Gasteiger partial charge in [0.25, 0.3) is 10.1 Å². The van der Waals surface area contributed by atoms with Crippen LogP contribution in [0.2, 0.25) is 0 Å². The van der Waals surface area contributed by atoms with Crippen molar-refractivity contribution < 1.29 is 13.0 Å². The molecule has 3 nitrogen and oxygen atoms in total. The van der Waals surface area contributed by atoms with Gasteiger partial charge in [-0.25, -0.2) is 0 Å². The van der Waals surface area contributed by atoms with Crippen molar-refractivity contribution in [2.75, 3.05) is 5.75 Å². The predicted molar refractivity (Wildman–Crippen MR) is 84.0 cm³/mol. The van der Waals surface area contributed by atoms with Gasteiger partial charge >= 0.3 is 0 Å². The van der Waals surface area contributed by atoms with E-state index in [-0.39, 0.29) is 16.6 Å². The first-order chi connectivity index (χ1) is 8.81. The van der Waals surface area contributed by atoms with Crippen LogP contribution in [0.3, 0.4) is 0 Å². The van der Waals surface area contributed by atoms with E-state index in [2.05, 4.69) is 53.7 Å². The molecule has 20 heavy (non-hydrogen) atoms. The number of aryl methyl sites for hydroxylation is 1. The van der Waals surface area contributed by atoms with Gasteiger partial charge in [-0.1, -0.05) is 59.7 Å². The van der Waals surface area contributed by atoms with Gasteiger partial charge in [-0.05, 0) is 33.9 Å². The van der Waals surface area contributed by atoms with E-state index >= 15 is 0 Å². The normalized spacial score (nSPS) is 13.6. The second kappa shape index (κ2) is 5.49. The molecular weight excluding hydrogens is 272 g/mol. The summed E-state index contributed by atoms with van der Waals surface area (Å²) in [6, 6.07) is 6.21. The molecule has 0 amide bonds. The third kappa shape index (κ3) is 4.91. The molecule has 0 aliphatic carbocycles. The van der Waals surface area contributed by atoms with Crippen LogP contribution < -0.4 is 0 Å². The lowest BCUT2D eigenvalue weighted by molar-refractivity contribution is 0.482. The average molecular weight is 298 g/mol. The molecule has 4 heteroatoms. The largest absolute Gasteiger partial charge is 0.286 e. The van der Waals surface area contributed by atoms with Gasteiger partial charge < -0.3 is 0 Å². The maximum atomic E-state index is 10.9. The highest BCUT2D eigenvalue weighted by Crippen LogP contribution is 2.31. The zero-order chi connectivity index (χ0) is 15.8. The summed E-state index contributed by atoms with van der Waals surface area (Å²) in [5.41, 5.74) is 3.37. The molecule has 0 saturated heterocycles. The minimum atomic E-state index is -3.92. The Labute approximate surface area is 123 Å². The van der Waals surface area contributed by atoms with Crippen molar-refractivity contribution in [2.24, 2.45) is 0 Å². The Morgan fingerprint density at radius 1 is 1.00 bits per heavy atom. The Kier molecular flexibility index (Phi) is 4.72. The van der Waals surface area contributed by atoms with Crippen LogP contribution in [0.4, 0.5) is 0 Å². The molecule has 1 aromatic rings. The van der Waals surface area contributed by atoms with Crippen molar-refractivity contribution in [1.82, 2.24) is 0 Å². The van der Waals surface area contributed by atoms with Gasteiger partial charge in [-0.15, -0.1) is 0 Å². The fraction of sp³-hybridized carbons (Fsp3) is 0.625. The monoisotopic (exact) mass is 298 g/mol. The molecule has 0 bridgehead atoms. The third-order valence-electron chi connectivity index (χ3n) is 3.41. The standard InChI is InChI=1S/C16H26O3S/c1-15(2,3)13-8-7-12(9-10-20(17,18)19)14(11-13)16(4,5)6/h7-8,11H,9-10H2,1-6H3,(H,17,18,19). The first-order valence-electron chi connectivity index (χ1n) is 6.90. The molecule has 0 saturated carbocycles. The van der Waals surface area contributed by atoms with Gasteiger partial charge in [0, 0.05) is 0 Å². The van der Waals surface area contributed by atoms with Gasteiger partial charge in [-0.3, -0.25) is 4.55 Å². The van der Waals surface area contributed by atoms with Gasteiger partial charge in [0.05, 0.1) is 5.75 Å². The van der Waals surface area contributed by atoms with Crippen molar-refractivity contribution in [3.8, 4) is 0 Å². The number of hydrogen-bond acceptors (Lipinski definition) is 2. The summed E-state index contributed by atoms with van der Waals surface area (Å²) in [7, 11) is -3.92. The first-order valence-corrected chi connectivity index (χ1v) is 8.51. The smallest absolute Gasteiger partial charge is 0.265 e. The summed E-state index contributed by atoms with van der Waals surface area (Å²) in [5, 5.41) is 0. The molecule has 0 heterocycles. The highest BCUT2D eigenvalue weighted by Gasteiger charge is 2.22. The molecule has 0 aromatic heterocycles. The molecule has 1 aromatic carbocycles.